The van der Waals surface area contributed by atoms with E-state index in [0.717, 1.165) is 53.7 Å². The molecule has 0 radical (unpaired) electrons. The molecule has 1 aromatic carbocycles. The number of halogens is 1. The standard InChI is InChI=1S/C56H64FN13O10S3/c1-27-40(49(68-54(61-27)60-26-56(75)13-14-56)64-35-20-30(45(72)46(35)73)22-70-17-19-79-24-39(70)71)53-67-44-38(82-53)12-16-59-51(44)80-48-31(25-83(76,77)34-9-7-32(57)8-10-34)21-36(47(48)74)65-50-41(28(2)62-55(69-50)63-33-4-3-18-78-23-33)52-66-43-37(81-52)11-15-58-42(43)29-5-6-29/h7-12,15-16,29-31,33,35-36,45-48,72-75H,3-6,13-14,17-26H2,1-2H3,(H2,60,61,64,68)(H2,62,63,65,69)/t30-,31-,33?,35-,36-,45-,46+,47+,48-/m1/s1. The summed E-state index contributed by atoms with van der Waals surface area (Å²) in [4.78, 5) is 53.4. The van der Waals surface area contributed by atoms with E-state index in [0.29, 0.717) is 112 Å². The second-order valence-electron chi connectivity index (χ2n) is 22.8. The predicted octanol–water partition coefficient (Wildman–Crippen LogP) is 5.23. The number of sulfone groups is 1. The quantitative estimate of drug-likeness (QED) is 0.0480. The van der Waals surface area contributed by atoms with Crippen molar-refractivity contribution in [2.24, 2.45) is 11.8 Å². The molecule has 0 bridgehead atoms. The van der Waals surface area contributed by atoms with Gasteiger partial charge < -0.3 is 60.8 Å². The van der Waals surface area contributed by atoms with Crippen molar-refractivity contribution in [3.8, 4) is 27.0 Å². The number of anilines is 4. The summed E-state index contributed by atoms with van der Waals surface area (Å²) >= 11 is 2.77. The molecule has 13 rings (SSSR count). The highest BCUT2D eigenvalue weighted by atomic mass is 32.2. The summed E-state index contributed by atoms with van der Waals surface area (Å²) in [6.07, 6.45) is 3.84. The van der Waals surface area contributed by atoms with E-state index in [9.17, 15) is 38.0 Å². The highest BCUT2D eigenvalue weighted by molar-refractivity contribution is 7.91. The van der Waals surface area contributed by atoms with E-state index in [1.807, 2.05) is 19.2 Å². The van der Waals surface area contributed by atoms with Gasteiger partial charge in [0.15, 0.2) is 9.84 Å². The molecule has 0 spiro atoms. The number of carbonyl (C=O) groups is 1. The number of nitrogens with zero attached hydrogens (tertiary/aromatic N) is 9. The normalized spacial score (nSPS) is 26.2. The minimum absolute atomic E-state index is 0.0204. The molecule has 6 aromatic heterocycles. The number of pyridine rings is 2. The minimum atomic E-state index is -4.11. The topological polar surface area (TPSA) is 314 Å². The van der Waals surface area contributed by atoms with Crippen LogP contribution in [0.1, 0.15) is 74.4 Å². The summed E-state index contributed by atoms with van der Waals surface area (Å²) in [6.45, 7) is 5.98. The van der Waals surface area contributed by atoms with Crippen molar-refractivity contribution in [3.63, 3.8) is 0 Å². The number of aliphatic hydroxyl groups excluding tert-OH is 3. The third-order valence-corrected chi connectivity index (χ3v) is 20.6. The molecule has 27 heteroatoms. The number of aryl methyl sites for hydroxylation is 2. The SMILES string of the molecule is Cc1nc(NCC2(O)CC2)nc(N[C@@H]2C[C@H](CN3CCOCC3=O)[C@@H](O)[C@H]2O)c1-c1nc2c(O[C@@H]3[C@@H](CS(=O)(=O)c4ccc(F)cc4)C[C@@H](Nc4nc(NC5CCCOC5)nc(C)c4-c4nc5c(C6CC6)nccc5s4)[C@@H]3O)nccc2s1. The summed E-state index contributed by atoms with van der Waals surface area (Å²) < 4.78 is 62.4. The van der Waals surface area contributed by atoms with Crippen LogP contribution in [0.25, 0.3) is 41.6 Å². The molecule has 1 amide bonds. The van der Waals surface area contributed by atoms with E-state index in [2.05, 4.69) is 26.3 Å². The summed E-state index contributed by atoms with van der Waals surface area (Å²) in [5, 5.41) is 60.9. The van der Waals surface area contributed by atoms with Gasteiger partial charge in [-0.15, -0.1) is 22.7 Å². The third kappa shape index (κ3) is 11.6. The van der Waals surface area contributed by atoms with Gasteiger partial charge in [-0.25, -0.2) is 37.7 Å². The smallest absolute Gasteiger partial charge is 0.248 e. The molecule has 83 heavy (non-hydrogen) atoms. The number of fused-ring (bicyclic) bond motifs is 2. The average Bonchev–Trinajstić information content (AvgIpc) is 4.52. The van der Waals surface area contributed by atoms with Gasteiger partial charge in [-0.3, -0.25) is 9.78 Å². The number of thiazole rings is 2. The average molecular weight is 1190 g/mol. The van der Waals surface area contributed by atoms with Gasteiger partial charge in [-0.1, -0.05) is 0 Å². The zero-order chi connectivity index (χ0) is 57.3. The molecule has 4 aliphatic carbocycles. The van der Waals surface area contributed by atoms with Crippen LogP contribution in [0.3, 0.4) is 0 Å². The monoisotopic (exact) mass is 1190 g/mol. The minimum Gasteiger partial charge on any atom is -0.470 e. The van der Waals surface area contributed by atoms with Crippen LogP contribution in [-0.2, 0) is 24.1 Å². The molecular formula is C56H64FN13O10S3. The molecule has 9 atom stereocenters. The van der Waals surface area contributed by atoms with Crippen molar-refractivity contribution in [1.82, 2.24) is 44.8 Å². The Morgan fingerprint density at radius 1 is 0.771 bits per heavy atom. The maximum atomic E-state index is 14.3. The van der Waals surface area contributed by atoms with Crippen molar-refractivity contribution in [1.29, 1.82) is 0 Å². The third-order valence-electron chi connectivity index (χ3n) is 16.7. The molecule has 6 fully saturated rings. The maximum Gasteiger partial charge on any atom is 0.248 e. The second kappa shape index (κ2) is 22.5. The van der Waals surface area contributed by atoms with E-state index < -0.39 is 75.3 Å². The van der Waals surface area contributed by atoms with Crippen LogP contribution >= 0.6 is 22.7 Å². The van der Waals surface area contributed by atoms with Gasteiger partial charge in [-0.05, 0) is 102 Å². The molecule has 4 saturated carbocycles. The number of rotatable bonds is 19. The van der Waals surface area contributed by atoms with Crippen LogP contribution in [0.2, 0.25) is 0 Å². The van der Waals surface area contributed by atoms with Gasteiger partial charge in [0, 0.05) is 56.4 Å². The molecule has 23 nitrogen and oxygen atoms in total. The number of aromatic nitrogens is 8. The van der Waals surface area contributed by atoms with E-state index in [-0.39, 0.29) is 54.8 Å². The summed E-state index contributed by atoms with van der Waals surface area (Å²) in [5.41, 5.74) is 3.42. The molecule has 6 aliphatic rings. The van der Waals surface area contributed by atoms with Crippen LogP contribution in [0.4, 0.5) is 27.9 Å². The first-order valence-corrected chi connectivity index (χ1v) is 31.5. The Balaban J connectivity index is 0.839. The molecule has 2 saturated heterocycles. The first-order chi connectivity index (χ1) is 40.0. The number of carbonyl (C=O) groups excluding carboxylic acids is 1. The molecular weight excluding hydrogens is 1130 g/mol. The number of nitrogens with one attached hydrogen (secondary N) is 4. The lowest BCUT2D eigenvalue weighted by Gasteiger charge is -2.30. The lowest BCUT2D eigenvalue weighted by molar-refractivity contribution is -0.144. The first kappa shape index (κ1) is 55.7. The first-order valence-electron chi connectivity index (χ1n) is 28.2. The molecule has 8 N–H and O–H groups in total. The van der Waals surface area contributed by atoms with E-state index in [4.69, 9.17) is 49.1 Å². The molecule has 438 valence electrons. The Kier molecular flexibility index (Phi) is 15.1. The molecule has 1 unspecified atom stereocenters. The van der Waals surface area contributed by atoms with Crippen LogP contribution in [0, 0.1) is 31.5 Å². The zero-order valence-electron chi connectivity index (χ0n) is 45.6. The van der Waals surface area contributed by atoms with E-state index in [1.165, 1.54) is 34.8 Å². The molecule has 2 aliphatic heterocycles. The van der Waals surface area contributed by atoms with Crippen LogP contribution in [0.15, 0.2) is 53.7 Å². The van der Waals surface area contributed by atoms with Crippen molar-refractivity contribution < 1.29 is 52.2 Å². The number of morpholine rings is 1. The Morgan fingerprint density at radius 3 is 2.12 bits per heavy atom. The fraction of sp³-hybridized carbons (Fsp3) is 0.518. The lowest BCUT2D eigenvalue weighted by Crippen LogP contribution is -2.45. The molecule has 7 aromatic rings. The number of ether oxygens (including phenoxy) is 3. The summed E-state index contributed by atoms with van der Waals surface area (Å²) in [5.74, 6) is -0.987. The Morgan fingerprint density at radius 2 is 1.43 bits per heavy atom. The van der Waals surface area contributed by atoms with Crippen molar-refractivity contribution >= 4 is 82.4 Å². The van der Waals surface area contributed by atoms with Crippen molar-refractivity contribution in [2.75, 3.05) is 73.1 Å². The number of benzene rings is 1. The van der Waals surface area contributed by atoms with Gasteiger partial charge >= 0.3 is 0 Å². The fourth-order valence-corrected chi connectivity index (χ4v) is 15.6. The predicted molar refractivity (Wildman–Crippen MR) is 308 cm³/mol. The van der Waals surface area contributed by atoms with E-state index >= 15 is 0 Å². The Labute approximate surface area is 484 Å². The van der Waals surface area contributed by atoms with Gasteiger partial charge in [-0.2, -0.15) is 9.97 Å². The summed E-state index contributed by atoms with van der Waals surface area (Å²) in [6, 6.07) is 6.73. The van der Waals surface area contributed by atoms with Gasteiger partial charge in [0.05, 0.1) is 91.3 Å². The highest BCUT2D eigenvalue weighted by Crippen LogP contribution is 2.46. The Hall–Kier alpha value is -6.43. The maximum absolute atomic E-state index is 14.3. The largest absolute Gasteiger partial charge is 0.470 e. The highest BCUT2D eigenvalue weighted by Gasteiger charge is 2.48. The van der Waals surface area contributed by atoms with Crippen molar-refractivity contribution in [3.05, 3.63) is 71.7 Å². The van der Waals surface area contributed by atoms with Gasteiger partial charge in [0.2, 0.25) is 23.7 Å². The Bertz CT molecular complexity index is 3700. The summed E-state index contributed by atoms with van der Waals surface area (Å²) in [7, 11) is -4.11. The molecule has 8 heterocycles. The second-order valence-corrected chi connectivity index (χ2v) is 26.9. The number of amides is 1. The number of hydrogen-bond acceptors (Lipinski definition) is 24. The zero-order valence-corrected chi connectivity index (χ0v) is 48.0. The number of hydrogen-bond donors (Lipinski definition) is 8. The van der Waals surface area contributed by atoms with Crippen LogP contribution < -0.4 is 26.0 Å². The number of aliphatic hydroxyl groups is 4. The van der Waals surface area contributed by atoms with E-state index in [1.54, 1.807) is 24.1 Å². The van der Waals surface area contributed by atoms with Crippen LogP contribution in [0.5, 0.6) is 5.88 Å². The van der Waals surface area contributed by atoms with Gasteiger partial charge in [0.1, 0.15) is 63.4 Å². The van der Waals surface area contributed by atoms with Crippen LogP contribution in [-0.4, -0.2) is 179 Å². The van der Waals surface area contributed by atoms with Crippen molar-refractivity contribution in [2.45, 2.75) is 124 Å². The lowest BCUT2D eigenvalue weighted by atomic mass is 10.0. The van der Waals surface area contributed by atoms with Gasteiger partial charge in [0.25, 0.3) is 0 Å². The fourth-order valence-electron chi connectivity index (χ4n) is 11.8.